The van der Waals surface area contributed by atoms with Crippen LogP contribution < -0.4 is 0 Å². The van der Waals surface area contributed by atoms with E-state index in [1.807, 2.05) is 30.3 Å². The number of rotatable bonds is 8. The van der Waals surface area contributed by atoms with Crippen molar-refractivity contribution in [1.82, 2.24) is 0 Å². The van der Waals surface area contributed by atoms with Gasteiger partial charge in [-0.2, -0.15) is 8.78 Å². The van der Waals surface area contributed by atoms with Crippen LogP contribution in [0.25, 0.3) is 0 Å². The fraction of sp³-hybridized carbons (Fsp3) is 0.438. The first-order valence-corrected chi connectivity index (χ1v) is 6.80. The van der Waals surface area contributed by atoms with Gasteiger partial charge in [0.15, 0.2) is 0 Å². The molecule has 1 aromatic rings. The van der Waals surface area contributed by atoms with Crippen LogP contribution in [0.2, 0.25) is 0 Å². The molecule has 0 unspecified atom stereocenters. The highest BCUT2D eigenvalue weighted by Gasteiger charge is 2.04. The lowest BCUT2D eigenvalue weighted by molar-refractivity contribution is -0.145. The summed E-state index contributed by atoms with van der Waals surface area (Å²) in [7, 11) is 0. The standard InChI is InChI=1S/C16H20F2O2/c1-13(16(17)18)8-4-2-7-11-15(19)20-12-14-9-5-3-6-10-14/h3,5-6,9-10H,2,4,7-8,11-12H2,1H3. The van der Waals surface area contributed by atoms with Gasteiger partial charge in [0.2, 0.25) is 0 Å². The van der Waals surface area contributed by atoms with E-state index in [4.69, 9.17) is 4.74 Å². The van der Waals surface area contributed by atoms with E-state index < -0.39 is 6.08 Å². The number of carbonyl (C=O) groups excluding carboxylic acids is 1. The van der Waals surface area contributed by atoms with E-state index in [1.165, 1.54) is 6.92 Å². The molecule has 0 N–H and O–H groups in total. The molecule has 4 heteroatoms. The maximum absolute atomic E-state index is 12.1. The normalized spacial score (nSPS) is 10.2. The molecule has 0 amide bonds. The van der Waals surface area contributed by atoms with E-state index in [9.17, 15) is 13.6 Å². The summed E-state index contributed by atoms with van der Waals surface area (Å²) < 4.78 is 29.4. The molecule has 0 spiro atoms. The summed E-state index contributed by atoms with van der Waals surface area (Å²) in [5.41, 5.74) is 1.09. The molecule has 20 heavy (non-hydrogen) atoms. The topological polar surface area (TPSA) is 26.3 Å². The van der Waals surface area contributed by atoms with Gasteiger partial charge in [-0.05, 0) is 37.3 Å². The van der Waals surface area contributed by atoms with Crippen molar-refractivity contribution < 1.29 is 18.3 Å². The van der Waals surface area contributed by atoms with Crippen molar-refractivity contribution in [3.05, 3.63) is 47.5 Å². The number of allylic oxidation sites excluding steroid dienone is 1. The van der Waals surface area contributed by atoms with Crippen LogP contribution in [0.1, 0.15) is 44.6 Å². The van der Waals surface area contributed by atoms with E-state index in [1.54, 1.807) is 0 Å². The van der Waals surface area contributed by atoms with Crippen LogP contribution in [0.5, 0.6) is 0 Å². The Kier molecular flexibility index (Phi) is 7.55. The van der Waals surface area contributed by atoms with Crippen molar-refractivity contribution in [1.29, 1.82) is 0 Å². The van der Waals surface area contributed by atoms with Crippen LogP contribution in [-0.2, 0) is 16.1 Å². The second-order valence-corrected chi connectivity index (χ2v) is 4.75. The Labute approximate surface area is 118 Å². The number of unbranched alkanes of at least 4 members (excludes halogenated alkanes) is 2. The third-order valence-corrected chi connectivity index (χ3v) is 3.00. The molecule has 0 aliphatic rings. The molecule has 0 heterocycles. The van der Waals surface area contributed by atoms with Crippen LogP contribution in [0, 0.1) is 0 Å². The lowest BCUT2D eigenvalue weighted by Gasteiger charge is -2.05. The van der Waals surface area contributed by atoms with E-state index in [2.05, 4.69) is 0 Å². The lowest BCUT2D eigenvalue weighted by atomic mass is 10.1. The molecule has 1 aromatic carbocycles. The Morgan fingerprint density at radius 1 is 1.05 bits per heavy atom. The number of hydrogen-bond acceptors (Lipinski definition) is 2. The SMILES string of the molecule is CC(CCCCCC(=O)OCc1ccccc1)=C(F)F. The third kappa shape index (κ3) is 7.02. The van der Waals surface area contributed by atoms with Crippen molar-refractivity contribution in [2.24, 2.45) is 0 Å². The molecule has 0 fully saturated rings. The summed E-state index contributed by atoms with van der Waals surface area (Å²) in [6.07, 6.45) is 1.25. The van der Waals surface area contributed by atoms with E-state index >= 15 is 0 Å². The van der Waals surface area contributed by atoms with Crippen molar-refractivity contribution in [3.8, 4) is 0 Å². The highest BCUT2D eigenvalue weighted by atomic mass is 19.3. The Hall–Kier alpha value is -1.71. The predicted octanol–water partition coefficient (Wildman–Crippen LogP) is 4.85. The summed E-state index contributed by atoms with van der Waals surface area (Å²) in [6.45, 7) is 1.72. The highest BCUT2D eigenvalue weighted by Crippen LogP contribution is 2.15. The number of carbonyl (C=O) groups is 1. The van der Waals surface area contributed by atoms with Crippen LogP contribution >= 0.6 is 0 Å². The van der Waals surface area contributed by atoms with Gasteiger partial charge in [0, 0.05) is 6.42 Å². The molecule has 0 radical (unpaired) electrons. The second-order valence-electron chi connectivity index (χ2n) is 4.75. The van der Waals surface area contributed by atoms with Gasteiger partial charge in [-0.1, -0.05) is 36.8 Å². The molecule has 0 saturated carbocycles. The zero-order valence-electron chi connectivity index (χ0n) is 11.7. The minimum Gasteiger partial charge on any atom is -0.461 e. The molecule has 0 aromatic heterocycles. The monoisotopic (exact) mass is 282 g/mol. The average molecular weight is 282 g/mol. The zero-order valence-corrected chi connectivity index (χ0v) is 11.7. The Bertz CT molecular complexity index is 437. The largest absolute Gasteiger partial charge is 0.461 e. The summed E-state index contributed by atoms with van der Waals surface area (Å²) in [5.74, 6) is -0.238. The molecule has 0 bridgehead atoms. The molecular formula is C16H20F2O2. The minimum atomic E-state index is -1.59. The van der Waals surface area contributed by atoms with Crippen LogP contribution in [-0.4, -0.2) is 5.97 Å². The van der Waals surface area contributed by atoms with Crippen molar-refractivity contribution in [2.45, 2.75) is 45.6 Å². The number of hydrogen-bond donors (Lipinski definition) is 0. The molecule has 0 aliphatic carbocycles. The first-order chi connectivity index (χ1) is 9.59. The fourth-order valence-corrected chi connectivity index (χ4v) is 1.74. The van der Waals surface area contributed by atoms with Crippen molar-refractivity contribution in [2.75, 3.05) is 0 Å². The number of halogens is 2. The quantitative estimate of drug-likeness (QED) is 0.503. The zero-order chi connectivity index (χ0) is 14.8. The van der Waals surface area contributed by atoms with Crippen LogP contribution in [0.4, 0.5) is 8.78 Å². The third-order valence-electron chi connectivity index (χ3n) is 3.00. The fourth-order valence-electron chi connectivity index (χ4n) is 1.74. The predicted molar refractivity (Wildman–Crippen MR) is 74.2 cm³/mol. The van der Waals surface area contributed by atoms with Crippen LogP contribution in [0.15, 0.2) is 42.0 Å². The summed E-state index contributed by atoms with van der Waals surface area (Å²) in [5, 5.41) is 0. The molecule has 0 aliphatic heterocycles. The van der Waals surface area contributed by atoms with Gasteiger partial charge in [0.1, 0.15) is 6.61 Å². The molecule has 0 atom stereocenters. The molecular weight excluding hydrogens is 262 g/mol. The molecule has 110 valence electrons. The number of ether oxygens (including phenoxy) is 1. The maximum atomic E-state index is 12.1. The van der Waals surface area contributed by atoms with E-state index in [-0.39, 0.29) is 18.1 Å². The second kappa shape index (κ2) is 9.23. The van der Waals surface area contributed by atoms with Gasteiger partial charge < -0.3 is 4.74 Å². The Balaban J connectivity index is 2.08. The van der Waals surface area contributed by atoms with Gasteiger partial charge in [0.25, 0.3) is 6.08 Å². The van der Waals surface area contributed by atoms with Crippen LogP contribution in [0.3, 0.4) is 0 Å². The smallest absolute Gasteiger partial charge is 0.306 e. The summed E-state index contributed by atoms with van der Waals surface area (Å²) in [6, 6.07) is 9.48. The van der Waals surface area contributed by atoms with Gasteiger partial charge in [-0.15, -0.1) is 0 Å². The molecule has 0 saturated heterocycles. The first-order valence-electron chi connectivity index (χ1n) is 6.80. The van der Waals surface area contributed by atoms with Crippen molar-refractivity contribution >= 4 is 5.97 Å². The van der Waals surface area contributed by atoms with Gasteiger partial charge in [-0.25, -0.2) is 0 Å². The summed E-state index contributed by atoms with van der Waals surface area (Å²) in [4.78, 5) is 11.5. The first kappa shape index (κ1) is 16.3. The summed E-state index contributed by atoms with van der Waals surface area (Å²) >= 11 is 0. The number of benzene rings is 1. The molecule has 2 nitrogen and oxygen atoms in total. The average Bonchev–Trinajstić information content (AvgIpc) is 2.45. The van der Waals surface area contributed by atoms with Gasteiger partial charge >= 0.3 is 5.97 Å². The minimum absolute atomic E-state index is 0.136. The van der Waals surface area contributed by atoms with Gasteiger partial charge in [-0.3, -0.25) is 4.79 Å². The van der Waals surface area contributed by atoms with E-state index in [0.717, 1.165) is 12.0 Å². The maximum Gasteiger partial charge on any atom is 0.306 e. The Morgan fingerprint density at radius 2 is 1.70 bits per heavy atom. The highest BCUT2D eigenvalue weighted by molar-refractivity contribution is 5.69. The van der Waals surface area contributed by atoms with E-state index in [0.29, 0.717) is 25.7 Å². The van der Waals surface area contributed by atoms with Gasteiger partial charge in [0.05, 0.1) is 0 Å². The van der Waals surface area contributed by atoms with Crippen molar-refractivity contribution in [3.63, 3.8) is 0 Å². The lowest BCUT2D eigenvalue weighted by Crippen LogP contribution is -2.04. The molecule has 1 rings (SSSR count). The Morgan fingerprint density at radius 3 is 2.35 bits per heavy atom. The number of esters is 1.